The fraction of sp³-hybridized carbons (Fsp3) is 0.769. The van der Waals surface area contributed by atoms with Gasteiger partial charge in [-0.3, -0.25) is 4.79 Å². The highest BCUT2D eigenvalue weighted by molar-refractivity contribution is 5.79. The topological polar surface area (TPSA) is 40.5 Å². The summed E-state index contributed by atoms with van der Waals surface area (Å²) in [5.74, 6) is -0.792. The molecule has 3 nitrogen and oxygen atoms in total. The minimum Gasteiger partial charge on any atom is -0.383 e. The third-order valence-corrected chi connectivity index (χ3v) is 3.99. The lowest BCUT2D eigenvalue weighted by Gasteiger charge is -2.35. The lowest BCUT2D eigenvalue weighted by atomic mass is 9.90. The molecule has 1 amide bonds. The van der Waals surface area contributed by atoms with Crippen molar-refractivity contribution in [1.82, 2.24) is 4.90 Å². The number of hydrogen-bond donors (Lipinski definition) is 1. The van der Waals surface area contributed by atoms with E-state index in [1.54, 1.807) is 4.90 Å². The van der Waals surface area contributed by atoms with Crippen LogP contribution in [0.4, 0.5) is 13.2 Å². The zero-order valence-corrected chi connectivity index (χ0v) is 10.6. The molecule has 0 aromatic carbocycles. The molecule has 19 heavy (non-hydrogen) atoms. The highest BCUT2D eigenvalue weighted by atomic mass is 19.4. The molecule has 0 spiro atoms. The zero-order chi connectivity index (χ0) is 14.0. The molecule has 6 heteroatoms. The van der Waals surface area contributed by atoms with Crippen LogP contribution < -0.4 is 0 Å². The van der Waals surface area contributed by atoms with E-state index in [0.717, 1.165) is 12.8 Å². The van der Waals surface area contributed by atoms with E-state index in [2.05, 4.69) is 0 Å². The number of halogens is 3. The number of rotatable bonds is 2. The molecule has 1 atom stereocenters. The molecule has 1 aliphatic carbocycles. The van der Waals surface area contributed by atoms with Gasteiger partial charge in [-0.25, -0.2) is 0 Å². The standard InChI is InChI=1S/C13H18F3NO2/c14-13(15,16)11(18)9-5-7-17(8-6-9)12(19)10-3-1-2-4-10/h1-2,9-11,18H,3-8H2. The van der Waals surface area contributed by atoms with E-state index in [0.29, 0.717) is 13.1 Å². The molecule has 2 aliphatic rings. The summed E-state index contributed by atoms with van der Waals surface area (Å²) in [6.45, 7) is 0.625. The molecule has 0 saturated carbocycles. The quantitative estimate of drug-likeness (QED) is 0.785. The van der Waals surface area contributed by atoms with E-state index in [-0.39, 0.29) is 24.7 Å². The van der Waals surface area contributed by atoms with Crippen LogP contribution in [0.1, 0.15) is 25.7 Å². The number of aliphatic hydroxyl groups is 1. The Bertz CT molecular complexity index is 351. The molecular formula is C13H18F3NO2. The van der Waals surface area contributed by atoms with Crippen molar-refractivity contribution in [3.8, 4) is 0 Å². The molecule has 0 bridgehead atoms. The Morgan fingerprint density at radius 3 is 2.21 bits per heavy atom. The maximum Gasteiger partial charge on any atom is 0.414 e. The van der Waals surface area contributed by atoms with Crippen molar-refractivity contribution in [2.45, 2.75) is 38.0 Å². The van der Waals surface area contributed by atoms with Gasteiger partial charge in [0.1, 0.15) is 0 Å². The largest absolute Gasteiger partial charge is 0.414 e. The minimum absolute atomic E-state index is 0.0324. The maximum atomic E-state index is 12.4. The number of alkyl halides is 3. The molecule has 1 saturated heterocycles. The van der Waals surface area contributed by atoms with Crippen LogP contribution in [0.2, 0.25) is 0 Å². The van der Waals surface area contributed by atoms with Gasteiger partial charge in [0.2, 0.25) is 5.91 Å². The summed E-state index contributed by atoms with van der Waals surface area (Å²) in [5.41, 5.74) is 0. The summed E-state index contributed by atoms with van der Waals surface area (Å²) in [6, 6.07) is 0. The normalized spacial score (nSPS) is 23.9. The van der Waals surface area contributed by atoms with Gasteiger partial charge in [0, 0.05) is 19.0 Å². The summed E-state index contributed by atoms with van der Waals surface area (Å²) in [7, 11) is 0. The number of hydrogen-bond acceptors (Lipinski definition) is 2. The summed E-state index contributed by atoms with van der Waals surface area (Å²) in [5, 5.41) is 9.21. The van der Waals surface area contributed by atoms with Crippen LogP contribution in [0.25, 0.3) is 0 Å². The molecule has 108 valence electrons. The van der Waals surface area contributed by atoms with E-state index in [4.69, 9.17) is 0 Å². The second kappa shape index (κ2) is 5.53. The molecule has 2 rings (SSSR count). The van der Waals surface area contributed by atoms with Gasteiger partial charge in [-0.05, 0) is 31.6 Å². The Morgan fingerprint density at radius 1 is 1.21 bits per heavy atom. The van der Waals surface area contributed by atoms with Crippen molar-refractivity contribution >= 4 is 5.91 Å². The Balaban J connectivity index is 1.84. The smallest absolute Gasteiger partial charge is 0.383 e. The lowest BCUT2D eigenvalue weighted by Crippen LogP contribution is -2.46. The lowest BCUT2D eigenvalue weighted by molar-refractivity contribution is -0.223. The van der Waals surface area contributed by atoms with Gasteiger partial charge in [-0.1, -0.05) is 12.2 Å². The van der Waals surface area contributed by atoms with E-state index in [1.807, 2.05) is 12.2 Å². The molecule has 1 heterocycles. The highest BCUT2D eigenvalue weighted by Crippen LogP contribution is 2.32. The average molecular weight is 277 g/mol. The summed E-state index contributed by atoms with van der Waals surface area (Å²) < 4.78 is 37.2. The first-order chi connectivity index (χ1) is 8.89. The summed E-state index contributed by atoms with van der Waals surface area (Å²) in [6.07, 6.45) is -1.03. The van der Waals surface area contributed by atoms with Crippen molar-refractivity contribution < 1.29 is 23.1 Å². The van der Waals surface area contributed by atoms with Crippen LogP contribution in [-0.2, 0) is 4.79 Å². The fourth-order valence-corrected chi connectivity index (χ4v) is 2.78. The molecule has 1 fully saturated rings. The number of aliphatic hydroxyl groups excluding tert-OH is 1. The molecular weight excluding hydrogens is 259 g/mol. The van der Waals surface area contributed by atoms with Crippen LogP contribution >= 0.6 is 0 Å². The average Bonchev–Trinajstić information content (AvgIpc) is 2.90. The van der Waals surface area contributed by atoms with Crippen molar-refractivity contribution in [2.75, 3.05) is 13.1 Å². The molecule has 1 N–H and O–H groups in total. The first kappa shape index (κ1) is 14.4. The fourth-order valence-electron chi connectivity index (χ4n) is 2.78. The SMILES string of the molecule is O=C(C1CC=CC1)N1CCC(C(O)C(F)(F)F)CC1. The first-order valence-corrected chi connectivity index (χ1v) is 6.58. The Morgan fingerprint density at radius 2 is 1.74 bits per heavy atom. The molecule has 0 aromatic heterocycles. The van der Waals surface area contributed by atoms with E-state index in [9.17, 15) is 23.1 Å². The van der Waals surface area contributed by atoms with E-state index < -0.39 is 18.2 Å². The van der Waals surface area contributed by atoms with Gasteiger partial charge in [0.25, 0.3) is 0 Å². The van der Waals surface area contributed by atoms with Crippen LogP contribution in [0.15, 0.2) is 12.2 Å². The Labute approximate surface area is 110 Å². The Hall–Kier alpha value is -1.04. The van der Waals surface area contributed by atoms with Crippen molar-refractivity contribution in [3.63, 3.8) is 0 Å². The molecule has 0 aromatic rings. The summed E-state index contributed by atoms with van der Waals surface area (Å²) >= 11 is 0. The monoisotopic (exact) mass is 277 g/mol. The molecule has 0 radical (unpaired) electrons. The van der Waals surface area contributed by atoms with Gasteiger partial charge < -0.3 is 10.0 Å². The minimum atomic E-state index is -4.56. The first-order valence-electron chi connectivity index (χ1n) is 6.58. The van der Waals surface area contributed by atoms with Crippen LogP contribution in [0.3, 0.4) is 0 Å². The van der Waals surface area contributed by atoms with E-state index in [1.165, 1.54) is 0 Å². The molecule has 1 aliphatic heterocycles. The number of likely N-dealkylation sites (tertiary alicyclic amines) is 1. The zero-order valence-electron chi connectivity index (χ0n) is 10.6. The van der Waals surface area contributed by atoms with Gasteiger partial charge >= 0.3 is 6.18 Å². The number of amides is 1. The predicted octanol–water partition coefficient (Wildman–Crippen LogP) is 2.11. The van der Waals surface area contributed by atoms with Crippen molar-refractivity contribution in [1.29, 1.82) is 0 Å². The van der Waals surface area contributed by atoms with Crippen molar-refractivity contribution in [3.05, 3.63) is 12.2 Å². The maximum absolute atomic E-state index is 12.4. The predicted molar refractivity (Wildman–Crippen MR) is 63.2 cm³/mol. The number of carbonyl (C=O) groups excluding carboxylic acids is 1. The van der Waals surface area contributed by atoms with Gasteiger partial charge in [0.15, 0.2) is 6.10 Å². The van der Waals surface area contributed by atoms with Crippen LogP contribution in [0, 0.1) is 11.8 Å². The molecule has 1 unspecified atom stereocenters. The second-order valence-electron chi connectivity index (χ2n) is 5.29. The van der Waals surface area contributed by atoms with Crippen molar-refractivity contribution in [2.24, 2.45) is 11.8 Å². The van der Waals surface area contributed by atoms with Gasteiger partial charge in [0.05, 0.1) is 0 Å². The number of piperidine rings is 1. The third-order valence-electron chi connectivity index (χ3n) is 3.99. The highest BCUT2D eigenvalue weighted by Gasteiger charge is 2.44. The number of nitrogens with zero attached hydrogens (tertiary/aromatic N) is 1. The van der Waals surface area contributed by atoms with E-state index >= 15 is 0 Å². The van der Waals surface area contributed by atoms with Gasteiger partial charge in [-0.15, -0.1) is 0 Å². The Kier molecular flexibility index (Phi) is 4.18. The second-order valence-corrected chi connectivity index (χ2v) is 5.29. The van der Waals surface area contributed by atoms with Gasteiger partial charge in [-0.2, -0.15) is 13.2 Å². The van der Waals surface area contributed by atoms with Crippen LogP contribution in [0.5, 0.6) is 0 Å². The summed E-state index contributed by atoms with van der Waals surface area (Å²) in [4.78, 5) is 13.7. The third kappa shape index (κ3) is 3.29. The number of carbonyl (C=O) groups is 1. The van der Waals surface area contributed by atoms with Crippen LogP contribution in [-0.4, -0.2) is 41.3 Å². The number of allylic oxidation sites excluding steroid dienone is 2.